The van der Waals surface area contributed by atoms with E-state index in [-0.39, 0.29) is 24.1 Å². The Kier molecular flexibility index (Phi) is 7.51. The van der Waals surface area contributed by atoms with E-state index in [0.29, 0.717) is 29.4 Å². The lowest BCUT2D eigenvalue weighted by atomic mass is 10.3. The van der Waals surface area contributed by atoms with Crippen molar-refractivity contribution in [2.24, 2.45) is 7.05 Å². The average molecular weight is 426 g/mol. The van der Waals surface area contributed by atoms with E-state index in [1.54, 1.807) is 28.8 Å². The van der Waals surface area contributed by atoms with E-state index in [2.05, 4.69) is 28.8 Å². The molecule has 3 rings (SSSR count). The molecule has 1 amide bonds. The number of thiazole rings is 1. The van der Waals surface area contributed by atoms with Gasteiger partial charge < -0.3 is 4.90 Å². The zero-order valence-corrected chi connectivity index (χ0v) is 18.1. The maximum Gasteiger partial charge on any atom is 0.280 e. The Morgan fingerprint density at radius 3 is 2.54 bits per heavy atom. The highest BCUT2D eigenvalue weighted by molar-refractivity contribution is 7.22. The number of hydrogen-bond donors (Lipinski definition) is 0. The second-order valence-electron chi connectivity index (χ2n) is 6.36. The Balaban J connectivity index is 0.00000280. The molecule has 6 nitrogen and oxygen atoms in total. The molecule has 0 aliphatic carbocycles. The summed E-state index contributed by atoms with van der Waals surface area (Å²) < 4.78 is 16.5. The lowest BCUT2D eigenvalue weighted by Gasteiger charge is -2.24. The molecule has 0 fully saturated rings. The van der Waals surface area contributed by atoms with Crippen LogP contribution in [0, 0.1) is 12.7 Å². The van der Waals surface area contributed by atoms with Gasteiger partial charge in [-0.15, -0.1) is 12.4 Å². The van der Waals surface area contributed by atoms with Crippen LogP contribution in [0.1, 0.15) is 30.0 Å². The van der Waals surface area contributed by atoms with Crippen LogP contribution in [0.15, 0.2) is 24.3 Å². The Morgan fingerprint density at radius 2 is 1.96 bits per heavy atom. The van der Waals surface area contributed by atoms with Gasteiger partial charge in [-0.3, -0.25) is 14.4 Å². The van der Waals surface area contributed by atoms with Crippen LogP contribution in [-0.4, -0.2) is 51.8 Å². The third-order valence-electron chi connectivity index (χ3n) is 4.70. The van der Waals surface area contributed by atoms with Crippen molar-refractivity contribution >= 4 is 45.0 Å². The number of fused-ring (bicyclic) bond motifs is 1. The van der Waals surface area contributed by atoms with E-state index in [9.17, 15) is 9.18 Å². The monoisotopic (exact) mass is 425 g/mol. The summed E-state index contributed by atoms with van der Waals surface area (Å²) in [5, 5.41) is 4.81. The summed E-state index contributed by atoms with van der Waals surface area (Å²) in [5.74, 6) is -0.592. The number of hydrogen-bond acceptors (Lipinski definition) is 5. The minimum Gasteiger partial charge on any atom is -0.302 e. The number of halogens is 2. The first kappa shape index (κ1) is 22.3. The molecule has 0 bridgehead atoms. The van der Waals surface area contributed by atoms with Crippen LogP contribution in [-0.2, 0) is 7.05 Å². The van der Waals surface area contributed by atoms with Gasteiger partial charge in [0.2, 0.25) is 0 Å². The third-order valence-corrected chi connectivity index (χ3v) is 5.75. The standard InChI is InChI=1S/C19H24FN5OS.ClH/c1-5-24(6-2)10-11-25(18(26)15-12-13(3)23(4)22-15)19-21-17-14(20)8-7-9-16(17)27-19;/h7-9,12H,5-6,10-11H2,1-4H3;1H. The summed E-state index contributed by atoms with van der Waals surface area (Å²) in [6.07, 6.45) is 0. The maximum atomic E-state index is 14.1. The third kappa shape index (κ3) is 4.51. The molecular weight excluding hydrogens is 401 g/mol. The van der Waals surface area contributed by atoms with Crippen LogP contribution < -0.4 is 4.90 Å². The minimum atomic E-state index is -0.375. The molecule has 152 valence electrons. The fourth-order valence-electron chi connectivity index (χ4n) is 2.89. The second-order valence-corrected chi connectivity index (χ2v) is 7.37. The van der Waals surface area contributed by atoms with E-state index in [0.717, 1.165) is 23.5 Å². The number of para-hydroxylation sites is 1. The van der Waals surface area contributed by atoms with E-state index in [4.69, 9.17) is 0 Å². The van der Waals surface area contributed by atoms with Crippen molar-refractivity contribution in [1.29, 1.82) is 0 Å². The average Bonchev–Trinajstić information content (AvgIpc) is 3.23. The van der Waals surface area contributed by atoms with Crippen molar-refractivity contribution in [3.63, 3.8) is 0 Å². The number of nitrogens with zero attached hydrogens (tertiary/aromatic N) is 5. The van der Waals surface area contributed by atoms with Crippen molar-refractivity contribution in [1.82, 2.24) is 19.7 Å². The van der Waals surface area contributed by atoms with E-state index >= 15 is 0 Å². The molecule has 1 aromatic carbocycles. The van der Waals surface area contributed by atoms with Gasteiger partial charge in [-0.25, -0.2) is 9.37 Å². The van der Waals surface area contributed by atoms with Crippen molar-refractivity contribution < 1.29 is 9.18 Å². The quantitative estimate of drug-likeness (QED) is 0.576. The summed E-state index contributed by atoms with van der Waals surface area (Å²) >= 11 is 1.32. The lowest BCUT2D eigenvalue weighted by molar-refractivity contribution is 0.0978. The predicted octanol–water partition coefficient (Wildman–Crippen LogP) is 3.89. The smallest absolute Gasteiger partial charge is 0.280 e. The van der Waals surface area contributed by atoms with Gasteiger partial charge in [-0.05, 0) is 38.2 Å². The van der Waals surface area contributed by atoms with Crippen molar-refractivity contribution in [2.75, 3.05) is 31.1 Å². The van der Waals surface area contributed by atoms with Crippen molar-refractivity contribution in [2.45, 2.75) is 20.8 Å². The van der Waals surface area contributed by atoms with Gasteiger partial charge in [-0.2, -0.15) is 5.10 Å². The number of likely N-dealkylation sites (N-methyl/N-ethyl adjacent to an activating group) is 1. The molecule has 0 aliphatic heterocycles. The molecule has 0 saturated heterocycles. The van der Waals surface area contributed by atoms with E-state index in [1.807, 2.05) is 13.0 Å². The molecule has 0 N–H and O–H groups in total. The summed E-state index contributed by atoms with van der Waals surface area (Å²) in [7, 11) is 1.80. The largest absolute Gasteiger partial charge is 0.302 e. The Labute approximate surface area is 174 Å². The number of anilines is 1. The zero-order valence-electron chi connectivity index (χ0n) is 16.5. The summed E-state index contributed by atoms with van der Waals surface area (Å²) in [5.41, 5.74) is 1.57. The molecule has 0 radical (unpaired) electrons. The molecular formula is C19H25ClFN5OS. The molecule has 0 aliphatic rings. The van der Waals surface area contributed by atoms with Gasteiger partial charge in [0.05, 0.1) is 4.70 Å². The molecule has 28 heavy (non-hydrogen) atoms. The highest BCUT2D eigenvalue weighted by Gasteiger charge is 2.24. The van der Waals surface area contributed by atoms with Crippen LogP contribution >= 0.6 is 23.7 Å². The van der Waals surface area contributed by atoms with Crippen LogP contribution in [0.3, 0.4) is 0 Å². The number of carbonyl (C=O) groups is 1. The Hall–Kier alpha value is -2.03. The number of amides is 1. The highest BCUT2D eigenvalue weighted by atomic mass is 35.5. The van der Waals surface area contributed by atoms with Crippen LogP contribution in [0.4, 0.5) is 9.52 Å². The van der Waals surface area contributed by atoms with Gasteiger partial charge >= 0.3 is 0 Å². The predicted molar refractivity (Wildman–Crippen MR) is 114 cm³/mol. The number of rotatable bonds is 7. The highest BCUT2D eigenvalue weighted by Crippen LogP contribution is 2.31. The number of benzene rings is 1. The topological polar surface area (TPSA) is 54.3 Å². The van der Waals surface area contributed by atoms with Crippen molar-refractivity contribution in [3.05, 3.63) is 41.5 Å². The van der Waals surface area contributed by atoms with E-state index < -0.39 is 0 Å². The van der Waals surface area contributed by atoms with Gasteiger partial charge in [0.25, 0.3) is 5.91 Å². The summed E-state index contributed by atoms with van der Waals surface area (Å²) in [6, 6.07) is 6.62. The van der Waals surface area contributed by atoms with Crippen molar-refractivity contribution in [3.8, 4) is 0 Å². The fourth-order valence-corrected chi connectivity index (χ4v) is 3.89. The van der Waals surface area contributed by atoms with E-state index in [1.165, 1.54) is 17.4 Å². The lowest BCUT2D eigenvalue weighted by Crippen LogP contribution is -2.39. The SMILES string of the molecule is CCN(CC)CCN(C(=O)c1cc(C)n(C)n1)c1nc2c(F)cccc2s1.Cl. The first-order valence-electron chi connectivity index (χ1n) is 9.04. The minimum absolute atomic E-state index is 0. The van der Waals surface area contributed by atoms with Gasteiger partial charge in [0, 0.05) is 25.8 Å². The molecule has 0 spiro atoms. The molecule has 0 saturated carbocycles. The molecule has 2 heterocycles. The number of aromatic nitrogens is 3. The molecule has 2 aromatic heterocycles. The number of aryl methyl sites for hydroxylation is 2. The first-order chi connectivity index (χ1) is 12.9. The van der Waals surface area contributed by atoms with Crippen LogP contribution in [0.25, 0.3) is 10.2 Å². The summed E-state index contributed by atoms with van der Waals surface area (Å²) in [6.45, 7) is 9.05. The molecule has 0 unspecified atom stereocenters. The molecule has 9 heteroatoms. The normalized spacial score (nSPS) is 11.1. The van der Waals surface area contributed by atoms with Gasteiger partial charge in [0.15, 0.2) is 10.8 Å². The fraction of sp³-hybridized carbons (Fsp3) is 0.421. The summed E-state index contributed by atoms with van der Waals surface area (Å²) in [4.78, 5) is 21.4. The maximum absolute atomic E-state index is 14.1. The molecule has 3 aromatic rings. The van der Waals surface area contributed by atoms with Gasteiger partial charge in [-0.1, -0.05) is 31.3 Å². The first-order valence-corrected chi connectivity index (χ1v) is 9.86. The number of carbonyl (C=O) groups excluding carboxylic acids is 1. The second kappa shape index (κ2) is 9.45. The Bertz CT molecular complexity index is 934. The van der Waals surface area contributed by atoms with Gasteiger partial charge in [0.1, 0.15) is 11.3 Å². The van der Waals surface area contributed by atoms with Crippen LogP contribution in [0.5, 0.6) is 0 Å². The Morgan fingerprint density at radius 1 is 1.25 bits per heavy atom. The van der Waals surface area contributed by atoms with Crippen LogP contribution in [0.2, 0.25) is 0 Å². The zero-order chi connectivity index (χ0) is 19.6. The molecule has 0 atom stereocenters.